The lowest BCUT2D eigenvalue weighted by atomic mass is 10.1. The van der Waals surface area contributed by atoms with Crippen LogP contribution in [0, 0.1) is 0 Å². The van der Waals surface area contributed by atoms with Gasteiger partial charge in [-0.1, -0.05) is 30.3 Å². The number of hydrogen-bond donors (Lipinski definition) is 2. The molecule has 1 saturated heterocycles. The second-order valence-corrected chi connectivity index (χ2v) is 6.34. The average molecular weight is 320 g/mol. The van der Waals surface area contributed by atoms with Crippen molar-refractivity contribution < 1.29 is 15.0 Å². The zero-order chi connectivity index (χ0) is 16.7. The lowest BCUT2D eigenvalue weighted by molar-refractivity contribution is -0.142. The molecule has 128 valence electrons. The topological polar surface area (TPSA) is 64.0 Å². The van der Waals surface area contributed by atoms with E-state index in [1.54, 1.807) is 4.90 Å². The highest BCUT2D eigenvalue weighted by molar-refractivity contribution is 5.81. The fourth-order valence-electron chi connectivity index (χ4n) is 3.16. The first-order chi connectivity index (χ1) is 11.1. The van der Waals surface area contributed by atoms with Gasteiger partial charge < -0.3 is 15.1 Å². The third-order valence-electron chi connectivity index (χ3n) is 4.38. The summed E-state index contributed by atoms with van der Waals surface area (Å²) in [5.41, 5.74) is 1.28. The standard InChI is InChI=1S/C18H28N2O3/c1-15-13-19(14-16-7-3-2-4-8-16)10-6-11-20(15)18(23)17(22)9-5-12-21/h2-4,7-8,15,17,21-22H,5-6,9-14H2,1H3. The minimum Gasteiger partial charge on any atom is -0.396 e. The van der Waals surface area contributed by atoms with Gasteiger partial charge in [0, 0.05) is 38.8 Å². The molecule has 0 aliphatic carbocycles. The van der Waals surface area contributed by atoms with Gasteiger partial charge in [-0.05, 0) is 31.7 Å². The van der Waals surface area contributed by atoms with Gasteiger partial charge in [0.05, 0.1) is 0 Å². The van der Waals surface area contributed by atoms with E-state index in [-0.39, 0.29) is 18.6 Å². The van der Waals surface area contributed by atoms with E-state index in [0.29, 0.717) is 19.4 Å². The monoisotopic (exact) mass is 320 g/mol. The largest absolute Gasteiger partial charge is 0.396 e. The Morgan fingerprint density at radius 1 is 1.30 bits per heavy atom. The number of carbonyl (C=O) groups excluding carboxylic acids is 1. The Kier molecular flexibility index (Phi) is 7.02. The summed E-state index contributed by atoms with van der Waals surface area (Å²) in [7, 11) is 0. The molecular formula is C18H28N2O3. The Labute approximate surface area is 138 Å². The quantitative estimate of drug-likeness (QED) is 0.828. The maximum atomic E-state index is 12.4. The molecule has 0 aromatic heterocycles. The zero-order valence-electron chi connectivity index (χ0n) is 13.9. The second-order valence-electron chi connectivity index (χ2n) is 6.34. The van der Waals surface area contributed by atoms with Crippen LogP contribution in [0.15, 0.2) is 30.3 Å². The van der Waals surface area contributed by atoms with E-state index in [0.717, 1.165) is 26.1 Å². The molecule has 1 amide bonds. The summed E-state index contributed by atoms with van der Waals surface area (Å²) < 4.78 is 0. The fourth-order valence-corrected chi connectivity index (χ4v) is 3.16. The summed E-state index contributed by atoms with van der Waals surface area (Å²) in [4.78, 5) is 16.6. The Morgan fingerprint density at radius 3 is 2.74 bits per heavy atom. The van der Waals surface area contributed by atoms with E-state index in [9.17, 15) is 9.90 Å². The van der Waals surface area contributed by atoms with Crippen LogP contribution in [-0.2, 0) is 11.3 Å². The Morgan fingerprint density at radius 2 is 2.04 bits per heavy atom. The molecule has 2 unspecified atom stereocenters. The summed E-state index contributed by atoms with van der Waals surface area (Å²) in [6.07, 6.45) is 0.697. The molecule has 2 N–H and O–H groups in total. The van der Waals surface area contributed by atoms with Crippen LogP contribution in [0.25, 0.3) is 0 Å². The van der Waals surface area contributed by atoms with Crippen molar-refractivity contribution >= 4 is 5.91 Å². The van der Waals surface area contributed by atoms with E-state index >= 15 is 0 Å². The summed E-state index contributed by atoms with van der Waals surface area (Å²) in [6.45, 7) is 5.38. The lowest BCUT2D eigenvalue weighted by Crippen LogP contribution is -2.46. The molecule has 23 heavy (non-hydrogen) atoms. The molecule has 2 atom stereocenters. The van der Waals surface area contributed by atoms with Crippen molar-refractivity contribution in [2.45, 2.75) is 44.9 Å². The van der Waals surface area contributed by atoms with E-state index in [4.69, 9.17) is 5.11 Å². The van der Waals surface area contributed by atoms with Crippen LogP contribution in [0.3, 0.4) is 0 Å². The predicted octanol–water partition coefficient (Wildman–Crippen LogP) is 1.24. The number of hydrogen-bond acceptors (Lipinski definition) is 4. The van der Waals surface area contributed by atoms with Crippen molar-refractivity contribution in [3.63, 3.8) is 0 Å². The van der Waals surface area contributed by atoms with Crippen molar-refractivity contribution in [3.05, 3.63) is 35.9 Å². The number of nitrogens with zero attached hydrogens (tertiary/aromatic N) is 2. The number of amides is 1. The zero-order valence-corrected chi connectivity index (χ0v) is 13.9. The van der Waals surface area contributed by atoms with Crippen LogP contribution < -0.4 is 0 Å². The first-order valence-electron chi connectivity index (χ1n) is 8.47. The smallest absolute Gasteiger partial charge is 0.251 e. The van der Waals surface area contributed by atoms with Crippen molar-refractivity contribution in [2.75, 3.05) is 26.2 Å². The molecule has 1 fully saturated rings. The highest BCUT2D eigenvalue weighted by Crippen LogP contribution is 2.15. The minimum absolute atomic E-state index is 0.00471. The molecule has 1 aliphatic heterocycles. The van der Waals surface area contributed by atoms with Crippen molar-refractivity contribution in [3.8, 4) is 0 Å². The van der Waals surface area contributed by atoms with Crippen LogP contribution in [0.5, 0.6) is 0 Å². The Bertz CT molecular complexity index is 480. The third-order valence-corrected chi connectivity index (χ3v) is 4.38. The van der Waals surface area contributed by atoms with E-state index in [1.807, 2.05) is 25.1 Å². The van der Waals surface area contributed by atoms with Crippen molar-refractivity contribution in [1.82, 2.24) is 9.80 Å². The van der Waals surface area contributed by atoms with Crippen molar-refractivity contribution in [2.24, 2.45) is 0 Å². The molecule has 1 aromatic rings. The second kappa shape index (κ2) is 9.01. The van der Waals surface area contributed by atoms with Crippen LogP contribution in [0.2, 0.25) is 0 Å². The number of aliphatic hydroxyl groups is 2. The molecule has 0 saturated carbocycles. The molecule has 0 bridgehead atoms. The SMILES string of the molecule is CC1CN(Cc2ccccc2)CCCN1C(=O)C(O)CCCO. The van der Waals surface area contributed by atoms with E-state index in [2.05, 4.69) is 17.0 Å². The molecule has 0 radical (unpaired) electrons. The van der Waals surface area contributed by atoms with E-state index < -0.39 is 6.10 Å². The number of carbonyl (C=O) groups is 1. The third kappa shape index (κ3) is 5.30. The molecule has 1 aromatic carbocycles. The first-order valence-corrected chi connectivity index (χ1v) is 8.47. The van der Waals surface area contributed by atoms with Crippen LogP contribution in [-0.4, -0.2) is 64.3 Å². The summed E-state index contributed by atoms with van der Waals surface area (Å²) in [6, 6.07) is 10.4. The molecule has 5 nitrogen and oxygen atoms in total. The van der Waals surface area contributed by atoms with Gasteiger partial charge in [-0.25, -0.2) is 0 Å². The van der Waals surface area contributed by atoms with Gasteiger partial charge in [0.1, 0.15) is 6.10 Å². The van der Waals surface area contributed by atoms with Crippen LogP contribution in [0.1, 0.15) is 31.7 Å². The molecule has 0 spiro atoms. The molecule has 1 aliphatic rings. The van der Waals surface area contributed by atoms with Gasteiger partial charge in [-0.2, -0.15) is 0 Å². The summed E-state index contributed by atoms with van der Waals surface area (Å²) >= 11 is 0. The maximum absolute atomic E-state index is 12.4. The highest BCUT2D eigenvalue weighted by atomic mass is 16.3. The van der Waals surface area contributed by atoms with Gasteiger partial charge in [0.15, 0.2) is 0 Å². The molecule has 1 heterocycles. The Balaban J connectivity index is 1.92. The van der Waals surface area contributed by atoms with Gasteiger partial charge in [-0.3, -0.25) is 9.69 Å². The normalized spacial score (nSPS) is 21.0. The summed E-state index contributed by atoms with van der Waals surface area (Å²) in [5.74, 6) is -0.201. The van der Waals surface area contributed by atoms with Crippen LogP contribution >= 0.6 is 0 Å². The first kappa shape index (κ1) is 17.9. The fraction of sp³-hybridized carbons (Fsp3) is 0.611. The predicted molar refractivity (Wildman–Crippen MR) is 89.8 cm³/mol. The minimum atomic E-state index is -0.995. The number of aliphatic hydroxyl groups excluding tert-OH is 2. The average Bonchev–Trinajstić information content (AvgIpc) is 2.74. The van der Waals surface area contributed by atoms with Crippen molar-refractivity contribution in [1.29, 1.82) is 0 Å². The van der Waals surface area contributed by atoms with Gasteiger partial charge >= 0.3 is 0 Å². The Hall–Kier alpha value is -1.43. The van der Waals surface area contributed by atoms with Gasteiger partial charge in [0.25, 0.3) is 5.91 Å². The summed E-state index contributed by atoms with van der Waals surface area (Å²) in [5, 5.41) is 18.8. The van der Waals surface area contributed by atoms with Gasteiger partial charge in [0.2, 0.25) is 0 Å². The maximum Gasteiger partial charge on any atom is 0.251 e. The molecule has 2 rings (SSSR count). The van der Waals surface area contributed by atoms with Crippen LogP contribution in [0.4, 0.5) is 0 Å². The van der Waals surface area contributed by atoms with Gasteiger partial charge in [-0.15, -0.1) is 0 Å². The molecule has 5 heteroatoms. The molecular weight excluding hydrogens is 292 g/mol. The number of benzene rings is 1. The highest BCUT2D eigenvalue weighted by Gasteiger charge is 2.29. The number of rotatable bonds is 6. The lowest BCUT2D eigenvalue weighted by Gasteiger charge is -2.30. The van der Waals surface area contributed by atoms with E-state index in [1.165, 1.54) is 5.56 Å².